The van der Waals surface area contributed by atoms with Gasteiger partial charge in [-0.2, -0.15) is 0 Å². The maximum atomic E-state index is 13.4. The number of esters is 2. The van der Waals surface area contributed by atoms with Crippen LogP contribution in [0.5, 0.6) is 11.5 Å². The van der Waals surface area contributed by atoms with E-state index in [1.54, 1.807) is 0 Å². The highest BCUT2D eigenvalue weighted by Gasteiger charge is 2.68. The summed E-state index contributed by atoms with van der Waals surface area (Å²) >= 11 is 0. The molecule has 8 nitrogen and oxygen atoms in total. The van der Waals surface area contributed by atoms with Gasteiger partial charge < -0.3 is 24.4 Å². The zero-order valence-corrected chi connectivity index (χ0v) is 21.1. The second-order valence-corrected chi connectivity index (χ2v) is 11.9. The zero-order valence-electron chi connectivity index (χ0n) is 21.1. The number of benzene rings is 1. The largest absolute Gasteiger partial charge is 0.507 e. The molecule has 2 heterocycles. The van der Waals surface area contributed by atoms with Crippen molar-refractivity contribution in [3.63, 3.8) is 0 Å². The van der Waals surface area contributed by atoms with Crippen LogP contribution in [0.4, 0.5) is 0 Å². The molecule has 0 saturated heterocycles. The van der Waals surface area contributed by atoms with Crippen molar-refractivity contribution < 1.29 is 38.8 Å². The maximum Gasteiger partial charge on any atom is 0.342 e. The van der Waals surface area contributed by atoms with Crippen molar-refractivity contribution in [1.29, 1.82) is 0 Å². The molecule has 35 heavy (non-hydrogen) atoms. The Hall–Kier alpha value is -2.61. The van der Waals surface area contributed by atoms with E-state index in [1.165, 1.54) is 13.0 Å². The third kappa shape index (κ3) is 3.25. The predicted octanol–water partition coefficient (Wildman–Crippen LogP) is 3.12. The number of aliphatic hydroxyl groups excluding tert-OH is 1. The second kappa shape index (κ2) is 7.45. The average Bonchev–Trinajstić information content (AvgIpc) is 2.73. The zero-order chi connectivity index (χ0) is 25.7. The number of rotatable bonds is 1. The summed E-state index contributed by atoms with van der Waals surface area (Å²) in [7, 11) is 0. The Morgan fingerprint density at radius 1 is 1.11 bits per heavy atom. The van der Waals surface area contributed by atoms with E-state index in [2.05, 4.69) is 6.92 Å². The fraction of sp³-hybridized carbons (Fsp3) is 0.667. The number of ether oxygens (including phenoxy) is 3. The summed E-state index contributed by atoms with van der Waals surface area (Å²) in [5.74, 6) is -1.30. The number of aromatic hydroxyl groups is 1. The molecule has 2 aliphatic carbocycles. The predicted molar refractivity (Wildman–Crippen MR) is 124 cm³/mol. The summed E-state index contributed by atoms with van der Waals surface area (Å²) in [6.07, 6.45) is -0.405. The number of hydrogen-bond acceptors (Lipinski definition) is 8. The van der Waals surface area contributed by atoms with Crippen molar-refractivity contribution in [2.45, 2.75) is 91.1 Å². The number of carbonyl (C=O) groups is 3. The first-order chi connectivity index (χ1) is 16.2. The van der Waals surface area contributed by atoms with Crippen LogP contribution in [0.25, 0.3) is 0 Å². The van der Waals surface area contributed by atoms with Crippen LogP contribution in [0.3, 0.4) is 0 Å². The Kier molecular flexibility index (Phi) is 5.13. The van der Waals surface area contributed by atoms with E-state index >= 15 is 0 Å². The van der Waals surface area contributed by atoms with Gasteiger partial charge in [0, 0.05) is 30.7 Å². The van der Waals surface area contributed by atoms with Gasteiger partial charge in [0.05, 0.1) is 6.10 Å². The molecule has 0 spiro atoms. The van der Waals surface area contributed by atoms with Crippen molar-refractivity contribution in [2.75, 3.05) is 0 Å². The van der Waals surface area contributed by atoms with Gasteiger partial charge in [0.2, 0.25) is 0 Å². The molecule has 8 heteroatoms. The molecule has 7 atom stereocenters. The molecule has 0 aromatic heterocycles. The summed E-state index contributed by atoms with van der Waals surface area (Å²) in [6.45, 7) is 10.9. The van der Waals surface area contributed by atoms with Crippen LogP contribution in [0, 0.1) is 22.7 Å². The highest BCUT2D eigenvalue weighted by Crippen LogP contribution is 2.64. The van der Waals surface area contributed by atoms with Gasteiger partial charge in [-0.25, -0.2) is 4.79 Å². The highest BCUT2D eigenvalue weighted by atomic mass is 16.6. The van der Waals surface area contributed by atoms with E-state index in [-0.39, 0.29) is 35.0 Å². The van der Waals surface area contributed by atoms with Crippen LogP contribution >= 0.6 is 0 Å². The molecule has 4 aliphatic rings. The average molecular weight is 487 g/mol. The number of cyclic esters (lactones) is 1. The van der Waals surface area contributed by atoms with Gasteiger partial charge in [-0.3, -0.25) is 9.59 Å². The first-order valence-corrected chi connectivity index (χ1v) is 12.4. The molecule has 1 aromatic carbocycles. The van der Waals surface area contributed by atoms with Crippen molar-refractivity contribution in [3.8, 4) is 11.5 Å². The molecule has 1 aromatic rings. The van der Waals surface area contributed by atoms with E-state index in [0.29, 0.717) is 37.0 Å². The fourth-order valence-electron chi connectivity index (χ4n) is 7.73. The van der Waals surface area contributed by atoms with Crippen LogP contribution in [-0.2, 0) is 31.9 Å². The second-order valence-electron chi connectivity index (χ2n) is 11.9. The lowest BCUT2D eigenvalue weighted by atomic mass is 9.43. The van der Waals surface area contributed by atoms with Gasteiger partial charge in [-0.05, 0) is 55.6 Å². The smallest absolute Gasteiger partial charge is 0.342 e. The first-order valence-electron chi connectivity index (χ1n) is 12.4. The van der Waals surface area contributed by atoms with Crippen molar-refractivity contribution in [2.24, 2.45) is 22.7 Å². The third-order valence-corrected chi connectivity index (χ3v) is 9.37. The van der Waals surface area contributed by atoms with Crippen molar-refractivity contribution in [3.05, 3.63) is 22.8 Å². The monoisotopic (exact) mass is 486 g/mol. The SMILES string of the molecule is CC(=O)OC1CC2(C)C(CC(O)C3(C)Oc4cc(O)c5c(c4CC23)CC(C)OC5=O)C(C)(C)C1=O. The minimum absolute atomic E-state index is 0.123. The van der Waals surface area contributed by atoms with E-state index in [1.807, 2.05) is 27.7 Å². The third-order valence-electron chi connectivity index (χ3n) is 9.37. The summed E-state index contributed by atoms with van der Waals surface area (Å²) < 4.78 is 17.4. The van der Waals surface area contributed by atoms with Gasteiger partial charge in [0.1, 0.15) is 28.8 Å². The number of phenolic OH excluding ortho intramolecular Hbond substituents is 1. The van der Waals surface area contributed by atoms with E-state index < -0.39 is 40.6 Å². The number of fused-ring (bicyclic) bond motifs is 6. The summed E-state index contributed by atoms with van der Waals surface area (Å²) in [5.41, 5.74) is -0.594. The van der Waals surface area contributed by atoms with Gasteiger partial charge in [0.25, 0.3) is 0 Å². The quantitative estimate of drug-likeness (QED) is 0.581. The molecular formula is C27H34O8. The molecule has 2 fully saturated rings. The number of aliphatic hydroxyl groups is 1. The minimum atomic E-state index is -0.989. The van der Waals surface area contributed by atoms with Crippen LogP contribution in [0.1, 0.15) is 75.9 Å². The lowest BCUT2D eigenvalue weighted by molar-refractivity contribution is -0.225. The van der Waals surface area contributed by atoms with E-state index in [9.17, 15) is 24.6 Å². The molecule has 5 rings (SSSR count). The molecule has 2 N–H and O–H groups in total. The number of Topliss-reactive ketones (excluding diaryl/α,β-unsaturated/α-hetero) is 1. The van der Waals surface area contributed by atoms with Crippen LogP contribution in [0.15, 0.2) is 6.07 Å². The lowest BCUT2D eigenvalue weighted by Gasteiger charge is -2.64. The van der Waals surface area contributed by atoms with Crippen molar-refractivity contribution in [1.82, 2.24) is 0 Å². The maximum absolute atomic E-state index is 13.4. The Morgan fingerprint density at radius 3 is 2.46 bits per heavy atom. The van der Waals surface area contributed by atoms with Crippen LogP contribution in [0.2, 0.25) is 0 Å². The standard InChI is InChI=1S/C27H34O8/c1-12-7-15-14-8-20-26(5)11-18(34-13(2)28)23(31)25(3,4)19(26)10-21(30)27(20,6)35-17(14)9-16(29)22(15)24(32)33-12/h9,12,18-21,29-30H,7-8,10-11H2,1-6H3. The number of ketones is 1. The first kappa shape index (κ1) is 24.1. The number of phenols is 1. The fourth-order valence-corrected chi connectivity index (χ4v) is 7.73. The highest BCUT2D eigenvalue weighted by molar-refractivity contribution is 5.96. The summed E-state index contributed by atoms with van der Waals surface area (Å²) in [6, 6.07) is 1.45. The Balaban J connectivity index is 1.66. The van der Waals surface area contributed by atoms with Gasteiger partial charge >= 0.3 is 11.9 Å². The van der Waals surface area contributed by atoms with Gasteiger partial charge in [-0.15, -0.1) is 0 Å². The lowest BCUT2D eigenvalue weighted by Crippen LogP contribution is -2.70. The summed E-state index contributed by atoms with van der Waals surface area (Å²) in [4.78, 5) is 37.8. The van der Waals surface area contributed by atoms with Gasteiger partial charge in [-0.1, -0.05) is 20.8 Å². The molecule has 0 amide bonds. The molecular weight excluding hydrogens is 452 g/mol. The molecule has 0 radical (unpaired) electrons. The molecule has 7 unspecified atom stereocenters. The van der Waals surface area contributed by atoms with E-state index in [0.717, 1.165) is 5.56 Å². The van der Waals surface area contributed by atoms with E-state index in [4.69, 9.17) is 14.2 Å². The molecule has 2 saturated carbocycles. The van der Waals surface area contributed by atoms with Crippen LogP contribution in [-0.4, -0.2) is 51.8 Å². The molecule has 190 valence electrons. The Labute approximate surface area is 204 Å². The van der Waals surface area contributed by atoms with Gasteiger partial charge in [0.15, 0.2) is 11.9 Å². The number of carbonyl (C=O) groups excluding carboxylic acids is 3. The summed E-state index contributed by atoms with van der Waals surface area (Å²) in [5, 5.41) is 22.0. The molecule has 2 aliphatic heterocycles. The van der Waals surface area contributed by atoms with Crippen molar-refractivity contribution >= 4 is 17.7 Å². The Bertz CT molecular complexity index is 1140. The number of hydrogen-bond donors (Lipinski definition) is 2. The Morgan fingerprint density at radius 2 is 1.80 bits per heavy atom. The van der Waals surface area contributed by atoms with Crippen LogP contribution < -0.4 is 4.74 Å². The molecule has 0 bridgehead atoms. The minimum Gasteiger partial charge on any atom is -0.507 e. The normalized spacial score (nSPS) is 39.2. The topological polar surface area (TPSA) is 119 Å².